The lowest BCUT2D eigenvalue weighted by atomic mass is 10.2. The number of rotatable bonds is 3. The fraction of sp³-hybridized carbons (Fsp3) is 0.125. The van der Waals surface area contributed by atoms with Crippen LogP contribution in [0.2, 0.25) is 0 Å². The molecule has 2 heterocycles. The van der Waals surface area contributed by atoms with Crippen molar-refractivity contribution in [2.24, 2.45) is 0 Å². The van der Waals surface area contributed by atoms with E-state index < -0.39 is 0 Å². The van der Waals surface area contributed by atoms with Crippen molar-refractivity contribution >= 4 is 33.2 Å². The summed E-state index contributed by atoms with van der Waals surface area (Å²) in [4.78, 5) is 17.1. The Morgan fingerprint density at radius 3 is 2.91 bits per heavy atom. The van der Waals surface area contributed by atoms with Crippen LogP contribution in [0.3, 0.4) is 0 Å². The maximum atomic E-state index is 12.6. The highest BCUT2D eigenvalue weighted by molar-refractivity contribution is 9.10. The fourth-order valence-corrected chi connectivity index (χ4v) is 2.67. The van der Waals surface area contributed by atoms with Gasteiger partial charge in [0.15, 0.2) is 0 Å². The molecule has 0 fully saturated rings. The standard InChI is InChI=1S/C16H14BrN3O2/c1-2-13-15(20-9-10(17)6-7-14(20)19-13)16(22)18-11-4-3-5-12(21)8-11/h3-9,21H,2H2,1H3,(H,18,22). The number of hydrogen-bond acceptors (Lipinski definition) is 3. The highest BCUT2D eigenvalue weighted by Crippen LogP contribution is 2.20. The molecule has 3 aromatic rings. The first-order chi connectivity index (χ1) is 10.6. The molecule has 0 radical (unpaired) electrons. The molecule has 3 rings (SSSR count). The van der Waals surface area contributed by atoms with Crippen molar-refractivity contribution in [3.8, 4) is 5.75 Å². The number of nitrogens with one attached hydrogen (secondary N) is 1. The SMILES string of the molecule is CCc1nc2ccc(Br)cn2c1C(=O)Nc1cccc(O)c1. The number of fused-ring (bicyclic) bond motifs is 1. The third kappa shape index (κ3) is 2.69. The summed E-state index contributed by atoms with van der Waals surface area (Å²) in [6.45, 7) is 1.96. The second-order valence-corrected chi connectivity index (χ2v) is 5.76. The molecule has 1 aromatic carbocycles. The number of nitrogens with zero attached hydrogens (tertiary/aromatic N) is 2. The second-order valence-electron chi connectivity index (χ2n) is 4.84. The van der Waals surface area contributed by atoms with Crippen molar-refractivity contribution in [1.29, 1.82) is 0 Å². The van der Waals surface area contributed by atoms with E-state index in [0.29, 0.717) is 17.8 Å². The number of aromatic hydroxyl groups is 1. The number of halogens is 1. The molecular weight excluding hydrogens is 346 g/mol. The fourth-order valence-electron chi connectivity index (χ4n) is 2.33. The number of imidazole rings is 1. The first-order valence-corrected chi connectivity index (χ1v) is 7.64. The Balaban J connectivity index is 2.04. The highest BCUT2D eigenvalue weighted by atomic mass is 79.9. The number of benzene rings is 1. The molecule has 0 saturated carbocycles. The zero-order valence-corrected chi connectivity index (χ0v) is 13.5. The molecule has 0 atom stereocenters. The van der Waals surface area contributed by atoms with Gasteiger partial charge in [-0.05, 0) is 46.6 Å². The van der Waals surface area contributed by atoms with Crippen molar-refractivity contribution in [2.45, 2.75) is 13.3 Å². The highest BCUT2D eigenvalue weighted by Gasteiger charge is 2.18. The number of pyridine rings is 1. The predicted octanol–water partition coefficient (Wildman–Crippen LogP) is 3.62. The van der Waals surface area contributed by atoms with Gasteiger partial charge in [0.25, 0.3) is 5.91 Å². The van der Waals surface area contributed by atoms with Crippen molar-refractivity contribution < 1.29 is 9.90 Å². The van der Waals surface area contributed by atoms with Crippen LogP contribution in [0.5, 0.6) is 5.75 Å². The second kappa shape index (κ2) is 5.81. The van der Waals surface area contributed by atoms with Crippen LogP contribution in [-0.4, -0.2) is 20.4 Å². The van der Waals surface area contributed by atoms with E-state index in [4.69, 9.17) is 0 Å². The van der Waals surface area contributed by atoms with Gasteiger partial charge in [-0.1, -0.05) is 13.0 Å². The number of amides is 1. The Morgan fingerprint density at radius 1 is 1.36 bits per heavy atom. The van der Waals surface area contributed by atoms with Crippen molar-refractivity contribution in [3.05, 3.63) is 58.5 Å². The summed E-state index contributed by atoms with van der Waals surface area (Å²) in [6.07, 6.45) is 2.47. The zero-order valence-electron chi connectivity index (χ0n) is 11.9. The topological polar surface area (TPSA) is 66.6 Å². The summed E-state index contributed by atoms with van der Waals surface area (Å²) < 4.78 is 2.63. The molecule has 0 spiro atoms. The Hall–Kier alpha value is -2.34. The van der Waals surface area contributed by atoms with E-state index in [9.17, 15) is 9.90 Å². The number of phenols is 1. The zero-order chi connectivity index (χ0) is 15.7. The van der Waals surface area contributed by atoms with Gasteiger partial charge in [-0.15, -0.1) is 0 Å². The van der Waals surface area contributed by atoms with E-state index in [1.807, 2.05) is 25.3 Å². The van der Waals surface area contributed by atoms with Crippen LogP contribution in [0.15, 0.2) is 47.1 Å². The molecule has 0 aliphatic heterocycles. The molecule has 6 heteroatoms. The Kier molecular flexibility index (Phi) is 3.85. The predicted molar refractivity (Wildman–Crippen MR) is 88.3 cm³/mol. The minimum Gasteiger partial charge on any atom is -0.508 e. The van der Waals surface area contributed by atoms with Crippen molar-refractivity contribution in [1.82, 2.24) is 9.38 Å². The molecule has 0 bridgehead atoms. The number of hydrogen-bond donors (Lipinski definition) is 2. The van der Waals surface area contributed by atoms with Gasteiger partial charge in [0.2, 0.25) is 0 Å². The monoisotopic (exact) mass is 359 g/mol. The lowest BCUT2D eigenvalue weighted by Gasteiger charge is -2.07. The van der Waals surface area contributed by atoms with Gasteiger partial charge < -0.3 is 10.4 Å². The van der Waals surface area contributed by atoms with E-state index in [1.165, 1.54) is 6.07 Å². The lowest BCUT2D eigenvalue weighted by molar-refractivity contribution is 0.102. The largest absolute Gasteiger partial charge is 0.508 e. The van der Waals surface area contributed by atoms with E-state index >= 15 is 0 Å². The number of aromatic nitrogens is 2. The van der Waals surface area contributed by atoms with Crippen LogP contribution < -0.4 is 5.32 Å². The molecule has 0 aliphatic carbocycles. The summed E-state index contributed by atoms with van der Waals surface area (Å²) >= 11 is 3.41. The first-order valence-electron chi connectivity index (χ1n) is 6.85. The van der Waals surface area contributed by atoms with Crippen LogP contribution >= 0.6 is 15.9 Å². The van der Waals surface area contributed by atoms with Gasteiger partial charge in [0.1, 0.15) is 17.1 Å². The molecule has 5 nitrogen and oxygen atoms in total. The Bertz CT molecular complexity index is 858. The lowest BCUT2D eigenvalue weighted by Crippen LogP contribution is -2.16. The normalized spacial score (nSPS) is 10.8. The molecular formula is C16H14BrN3O2. The van der Waals surface area contributed by atoms with Crippen LogP contribution in [0.1, 0.15) is 23.1 Å². The molecule has 0 unspecified atom stereocenters. The maximum Gasteiger partial charge on any atom is 0.274 e. The molecule has 112 valence electrons. The van der Waals surface area contributed by atoms with E-state index in [1.54, 1.807) is 22.6 Å². The molecule has 0 aliphatic rings. The summed E-state index contributed by atoms with van der Waals surface area (Å²) in [5, 5.41) is 12.3. The summed E-state index contributed by atoms with van der Waals surface area (Å²) in [5.74, 6) is -0.151. The maximum absolute atomic E-state index is 12.6. The number of aryl methyl sites for hydroxylation is 1. The van der Waals surface area contributed by atoms with Gasteiger partial charge in [-0.3, -0.25) is 9.20 Å². The van der Waals surface area contributed by atoms with Gasteiger partial charge in [0.05, 0.1) is 5.69 Å². The quantitative estimate of drug-likeness (QED) is 0.750. The van der Waals surface area contributed by atoms with E-state index in [2.05, 4.69) is 26.2 Å². The summed E-state index contributed by atoms with van der Waals surface area (Å²) in [6, 6.07) is 10.2. The molecule has 1 amide bonds. The number of phenolic OH excluding ortho intramolecular Hbond substituents is 1. The molecule has 2 aromatic heterocycles. The van der Waals surface area contributed by atoms with E-state index in [0.717, 1.165) is 15.8 Å². The third-order valence-corrected chi connectivity index (χ3v) is 3.78. The van der Waals surface area contributed by atoms with Crippen molar-refractivity contribution in [2.75, 3.05) is 5.32 Å². The van der Waals surface area contributed by atoms with Gasteiger partial charge in [-0.25, -0.2) is 4.98 Å². The summed E-state index contributed by atoms with van der Waals surface area (Å²) in [5.41, 5.74) is 2.50. The minimum absolute atomic E-state index is 0.106. The van der Waals surface area contributed by atoms with Crippen LogP contribution in [0, 0.1) is 0 Å². The molecule has 22 heavy (non-hydrogen) atoms. The van der Waals surface area contributed by atoms with Gasteiger partial charge in [-0.2, -0.15) is 0 Å². The first kappa shape index (κ1) is 14.6. The molecule has 0 saturated heterocycles. The molecule has 2 N–H and O–H groups in total. The Labute approximate surface area is 135 Å². The number of carbonyl (C=O) groups is 1. The van der Waals surface area contributed by atoms with E-state index in [-0.39, 0.29) is 11.7 Å². The summed E-state index contributed by atoms with van der Waals surface area (Å²) in [7, 11) is 0. The van der Waals surface area contributed by atoms with Gasteiger partial charge in [0, 0.05) is 22.4 Å². The van der Waals surface area contributed by atoms with Crippen molar-refractivity contribution in [3.63, 3.8) is 0 Å². The van der Waals surface area contributed by atoms with Crippen LogP contribution in [-0.2, 0) is 6.42 Å². The number of anilines is 1. The smallest absolute Gasteiger partial charge is 0.274 e. The Morgan fingerprint density at radius 2 is 2.18 bits per heavy atom. The van der Waals surface area contributed by atoms with Gasteiger partial charge >= 0.3 is 0 Å². The average Bonchev–Trinajstić information content (AvgIpc) is 2.85. The minimum atomic E-state index is -0.256. The third-order valence-electron chi connectivity index (χ3n) is 3.31. The van der Waals surface area contributed by atoms with Crippen LogP contribution in [0.4, 0.5) is 5.69 Å². The van der Waals surface area contributed by atoms with Crippen LogP contribution in [0.25, 0.3) is 5.65 Å². The average molecular weight is 360 g/mol. The number of carbonyl (C=O) groups excluding carboxylic acids is 1.